The third-order valence-electron chi connectivity index (χ3n) is 3.01. The first-order valence-corrected chi connectivity index (χ1v) is 6.53. The highest BCUT2D eigenvalue weighted by molar-refractivity contribution is 5.96. The van der Waals surface area contributed by atoms with Crippen molar-refractivity contribution in [2.45, 2.75) is 13.5 Å². The monoisotopic (exact) mass is 273 g/mol. The van der Waals surface area contributed by atoms with Crippen molar-refractivity contribution >= 4 is 17.3 Å². The Morgan fingerprint density at radius 3 is 2.85 bits per heavy atom. The molecular weight excluding hydrogens is 254 g/mol. The number of benzene rings is 1. The summed E-state index contributed by atoms with van der Waals surface area (Å²) in [5, 5.41) is 2.78. The Morgan fingerprint density at radius 2 is 2.20 bits per heavy atom. The van der Waals surface area contributed by atoms with Crippen molar-refractivity contribution in [3.05, 3.63) is 47.9 Å². The molecule has 0 unspecified atom stereocenters. The molecule has 20 heavy (non-hydrogen) atoms. The van der Waals surface area contributed by atoms with E-state index in [4.69, 9.17) is 10.2 Å². The Balaban J connectivity index is 2.21. The summed E-state index contributed by atoms with van der Waals surface area (Å²) < 4.78 is 5.32. The van der Waals surface area contributed by atoms with E-state index in [1.807, 2.05) is 31.0 Å². The van der Waals surface area contributed by atoms with Gasteiger partial charge in [0, 0.05) is 19.2 Å². The molecule has 0 radical (unpaired) electrons. The zero-order chi connectivity index (χ0) is 14.5. The quantitative estimate of drug-likeness (QED) is 0.820. The fourth-order valence-corrected chi connectivity index (χ4v) is 2.00. The smallest absolute Gasteiger partial charge is 0.251 e. The molecule has 0 aliphatic carbocycles. The molecule has 1 heterocycles. The van der Waals surface area contributed by atoms with Crippen LogP contribution in [0.15, 0.2) is 41.0 Å². The van der Waals surface area contributed by atoms with Crippen molar-refractivity contribution in [3.8, 4) is 0 Å². The van der Waals surface area contributed by atoms with Crippen LogP contribution in [0.5, 0.6) is 0 Å². The summed E-state index contributed by atoms with van der Waals surface area (Å²) in [5.41, 5.74) is 8.03. The molecule has 3 N–H and O–H groups in total. The average Bonchev–Trinajstić information content (AvgIpc) is 2.92. The molecule has 0 saturated heterocycles. The van der Waals surface area contributed by atoms with Gasteiger partial charge in [0.1, 0.15) is 5.76 Å². The molecule has 0 spiro atoms. The van der Waals surface area contributed by atoms with Crippen LogP contribution in [0.1, 0.15) is 23.0 Å². The molecule has 0 aliphatic heterocycles. The van der Waals surface area contributed by atoms with Gasteiger partial charge in [-0.1, -0.05) is 0 Å². The number of hydrogen-bond donors (Lipinski definition) is 2. The van der Waals surface area contributed by atoms with Crippen LogP contribution in [0.2, 0.25) is 0 Å². The number of hydrogen-bond acceptors (Lipinski definition) is 4. The summed E-state index contributed by atoms with van der Waals surface area (Å²) in [6, 6.07) is 9.02. The van der Waals surface area contributed by atoms with Crippen LogP contribution in [0.4, 0.5) is 11.4 Å². The summed E-state index contributed by atoms with van der Waals surface area (Å²) in [4.78, 5) is 13.8. The normalized spacial score (nSPS) is 10.3. The van der Waals surface area contributed by atoms with E-state index in [1.165, 1.54) is 0 Å². The number of nitrogens with zero attached hydrogens (tertiary/aromatic N) is 1. The maximum Gasteiger partial charge on any atom is 0.251 e. The summed E-state index contributed by atoms with van der Waals surface area (Å²) >= 11 is 0. The van der Waals surface area contributed by atoms with E-state index in [0.29, 0.717) is 24.3 Å². The van der Waals surface area contributed by atoms with Crippen LogP contribution in [-0.4, -0.2) is 19.5 Å². The lowest BCUT2D eigenvalue weighted by atomic mass is 10.1. The number of carbonyl (C=O) groups is 1. The van der Waals surface area contributed by atoms with Crippen molar-refractivity contribution in [2.75, 3.05) is 24.2 Å². The average molecular weight is 273 g/mol. The Kier molecular flexibility index (Phi) is 4.30. The predicted molar refractivity (Wildman–Crippen MR) is 79.7 cm³/mol. The van der Waals surface area contributed by atoms with E-state index < -0.39 is 0 Å². The molecule has 0 saturated carbocycles. The number of rotatable bonds is 5. The van der Waals surface area contributed by atoms with Crippen LogP contribution in [0, 0.1) is 0 Å². The molecule has 0 atom stereocenters. The van der Waals surface area contributed by atoms with Gasteiger partial charge in [0.25, 0.3) is 5.91 Å². The van der Waals surface area contributed by atoms with Gasteiger partial charge in [-0.05, 0) is 37.3 Å². The number of furan rings is 1. The third-order valence-corrected chi connectivity index (χ3v) is 3.01. The zero-order valence-corrected chi connectivity index (χ0v) is 11.7. The summed E-state index contributed by atoms with van der Waals surface area (Å²) in [6.07, 6.45) is 1.64. The third kappa shape index (κ3) is 3.12. The minimum atomic E-state index is -0.0971. The number of carbonyl (C=O) groups excluding carboxylic acids is 1. The molecule has 0 bridgehead atoms. The maximum absolute atomic E-state index is 11.9. The molecule has 5 nitrogen and oxygen atoms in total. The lowest BCUT2D eigenvalue weighted by Crippen LogP contribution is -2.24. The lowest BCUT2D eigenvalue weighted by Gasteiger charge is -2.20. The Bertz CT molecular complexity index is 579. The molecule has 106 valence electrons. The van der Waals surface area contributed by atoms with E-state index in [0.717, 1.165) is 11.4 Å². The molecule has 5 heteroatoms. The number of nitrogen functional groups attached to an aromatic ring is 1. The minimum absolute atomic E-state index is 0.0971. The standard InChI is InChI=1S/C15H19N3O2/c1-3-17-15(19)11-6-7-13(16)14(9-11)18(2)10-12-5-4-8-20-12/h4-9H,3,10,16H2,1-2H3,(H,17,19). The largest absolute Gasteiger partial charge is 0.467 e. The van der Waals surface area contributed by atoms with Gasteiger partial charge in [0.05, 0.1) is 24.2 Å². The first kappa shape index (κ1) is 14.0. The number of nitrogens with one attached hydrogen (secondary N) is 1. The number of amides is 1. The Labute approximate surface area is 118 Å². The maximum atomic E-state index is 11.9. The van der Waals surface area contributed by atoms with Crippen molar-refractivity contribution in [1.82, 2.24) is 5.32 Å². The minimum Gasteiger partial charge on any atom is -0.467 e. The molecule has 1 amide bonds. The highest BCUT2D eigenvalue weighted by Gasteiger charge is 2.11. The van der Waals surface area contributed by atoms with Gasteiger partial charge in [-0.3, -0.25) is 4.79 Å². The Morgan fingerprint density at radius 1 is 1.40 bits per heavy atom. The highest BCUT2D eigenvalue weighted by atomic mass is 16.3. The van der Waals surface area contributed by atoms with Gasteiger partial charge < -0.3 is 20.4 Å². The van der Waals surface area contributed by atoms with Crippen molar-refractivity contribution in [1.29, 1.82) is 0 Å². The van der Waals surface area contributed by atoms with Crippen molar-refractivity contribution in [2.24, 2.45) is 0 Å². The summed E-state index contributed by atoms with van der Waals surface area (Å²) in [7, 11) is 1.91. The van der Waals surface area contributed by atoms with Gasteiger partial charge >= 0.3 is 0 Å². The molecule has 2 aromatic rings. The topological polar surface area (TPSA) is 71.5 Å². The van der Waals surface area contributed by atoms with Crippen molar-refractivity contribution in [3.63, 3.8) is 0 Å². The fourth-order valence-electron chi connectivity index (χ4n) is 2.00. The predicted octanol–water partition coefficient (Wildman–Crippen LogP) is 2.25. The second-order valence-electron chi connectivity index (χ2n) is 4.57. The van der Waals surface area contributed by atoms with Gasteiger partial charge in [-0.2, -0.15) is 0 Å². The van der Waals surface area contributed by atoms with Gasteiger partial charge in [0.2, 0.25) is 0 Å². The highest BCUT2D eigenvalue weighted by Crippen LogP contribution is 2.25. The molecule has 0 aliphatic rings. The number of anilines is 2. The summed E-state index contributed by atoms with van der Waals surface area (Å²) in [6.45, 7) is 3.08. The van der Waals surface area contributed by atoms with E-state index in [9.17, 15) is 4.79 Å². The Hall–Kier alpha value is -2.43. The van der Waals surface area contributed by atoms with Crippen LogP contribution in [0.25, 0.3) is 0 Å². The molecule has 0 fully saturated rings. The van der Waals surface area contributed by atoms with Crippen LogP contribution in [0.3, 0.4) is 0 Å². The molecular formula is C15H19N3O2. The van der Waals surface area contributed by atoms with Crippen LogP contribution in [-0.2, 0) is 6.54 Å². The van der Waals surface area contributed by atoms with Crippen molar-refractivity contribution < 1.29 is 9.21 Å². The molecule has 1 aromatic carbocycles. The van der Waals surface area contributed by atoms with E-state index in [1.54, 1.807) is 24.5 Å². The van der Waals surface area contributed by atoms with E-state index >= 15 is 0 Å². The van der Waals surface area contributed by atoms with Crippen LogP contribution < -0.4 is 16.0 Å². The van der Waals surface area contributed by atoms with Gasteiger partial charge in [-0.15, -0.1) is 0 Å². The molecule has 1 aromatic heterocycles. The molecule has 2 rings (SSSR count). The van der Waals surface area contributed by atoms with Gasteiger partial charge in [-0.25, -0.2) is 0 Å². The first-order chi connectivity index (χ1) is 9.61. The number of nitrogens with two attached hydrogens (primary N) is 1. The van der Waals surface area contributed by atoms with E-state index in [2.05, 4.69) is 5.32 Å². The summed E-state index contributed by atoms with van der Waals surface area (Å²) in [5.74, 6) is 0.746. The second kappa shape index (κ2) is 6.14. The fraction of sp³-hybridized carbons (Fsp3) is 0.267. The first-order valence-electron chi connectivity index (χ1n) is 6.53. The second-order valence-corrected chi connectivity index (χ2v) is 4.57. The van der Waals surface area contributed by atoms with Crippen LogP contribution >= 0.6 is 0 Å². The van der Waals surface area contributed by atoms with Gasteiger partial charge in [0.15, 0.2) is 0 Å². The zero-order valence-electron chi connectivity index (χ0n) is 11.7. The lowest BCUT2D eigenvalue weighted by molar-refractivity contribution is 0.0956. The SMILES string of the molecule is CCNC(=O)c1ccc(N)c(N(C)Cc2ccco2)c1. The van der Waals surface area contributed by atoms with E-state index in [-0.39, 0.29) is 5.91 Å².